The van der Waals surface area contributed by atoms with E-state index in [4.69, 9.17) is 16.3 Å². The van der Waals surface area contributed by atoms with Crippen molar-refractivity contribution in [3.63, 3.8) is 0 Å². The summed E-state index contributed by atoms with van der Waals surface area (Å²) in [6.45, 7) is 3.56. The maximum absolute atomic E-state index is 15.4. The summed E-state index contributed by atoms with van der Waals surface area (Å²) in [4.78, 5) is 2.23. The van der Waals surface area contributed by atoms with Gasteiger partial charge in [-0.2, -0.15) is 4.37 Å². The molecular weight excluding hydrogens is 441 g/mol. The van der Waals surface area contributed by atoms with Gasteiger partial charge in [0.1, 0.15) is 16.3 Å². The highest BCUT2D eigenvalue weighted by Gasteiger charge is 2.23. The number of nitrogens with zero attached hydrogens (tertiary/aromatic N) is 2. The molecule has 4 rings (SSSR count). The van der Waals surface area contributed by atoms with E-state index in [-0.39, 0.29) is 0 Å². The molecule has 2 aromatic carbocycles. The van der Waals surface area contributed by atoms with Crippen molar-refractivity contribution in [2.45, 2.75) is 0 Å². The van der Waals surface area contributed by atoms with Crippen LogP contribution in [-0.4, -0.2) is 37.7 Å². The van der Waals surface area contributed by atoms with Gasteiger partial charge in [0.05, 0.1) is 12.1 Å². The highest BCUT2D eigenvalue weighted by atomic mass is 79.9. The third-order valence-corrected chi connectivity index (χ3v) is 6.41. The van der Waals surface area contributed by atoms with Gasteiger partial charge in [0.25, 0.3) is 0 Å². The lowest BCUT2D eigenvalue weighted by Crippen LogP contribution is -2.43. The van der Waals surface area contributed by atoms with Gasteiger partial charge in [0.15, 0.2) is 5.82 Å². The van der Waals surface area contributed by atoms with Crippen LogP contribution in [0.25, 0.3) is 22.0 Å². The van der Waals surface area contributed by atoms with E-state index in [2.05, 4.69) is 30.5 Å². The van der Waals surface area contributed by atoms with E-state index >= 15 is 4.39 Å². The molecule has 0 bridgehead atoms. The monoisotopic (exact) mass is 455 g/mol. The van der Waals surface area contributed by atoms with Crippen molar-refractivity contribution in [2.75, 3.05) is 38.2 Å². The molecule has 0 aliphatic carbocycles. The Balaban J connectivity index is 1.88. The summed E-state index contributed by atoms with van der Waals surface area (Å²) in [7, 11) is 1.58. The number of fused-ring (bicyclic) bond motifs is 1. The summed E-state index contributed by atoms with van der Waals surface area (Å²) in [5.41, 5.74) is 1.34. The molecule has 0 spiro atoms. The quantitative estimate of drug-likeness (QED) is 0.606. The molecule has 1 saturated heterocycles. The summed E-state index contributed by atoms with van der Waals surface area (Å²) in [5, 5.41) is 5.42. The third kappa shape index (κ3) is 3.07. The first-order valence-electron chi connectivity index (χ1n) is 8.17. The number of halogens is 3. The Kier molecular flexibility index (Phi) is 5.05. The number of hydrogen-bond donors (Lipinski definition) is 1. The largest absolute Gasteiger partial charge is 0.497 e. The maximum atomic E-state index is 15.4. The highest BCUT2D eigenvalue weighted by Crippen LogP contribution is 2.43. The summed E-state index contributed by atoms with van der Waals surface area (Å²) in [6, 6.07) is 7.22. The van der Waals surface area contributed by atoms with Crippen LogP contribution in [-0.2, 0) is 0 Å². The zero-order chi connectivity index (χ0) is 18.3. The van der Waals surface area contributed by atoms with Gasteiger partial charge in [-0.05, 0) is 35.8 Å². The normalized spacial score (nSPS) is 14.8. The number of nitrogens with one attached hydrogen (secondary N) is 1. The van der Waals surface area contributed by atoms with Crippen molar-refractivity contribution in [1.82, 2.24) is 9.69 Å². The number of hydrogen-bond acceptors (Lipinski definition) is 5. The number of methoxy groups -OCH3 is 1. The number of ether oxygens (including phenoxy) is 1. The Bertz CT molecular complexity index is 975. The summed E-state index contributed by atoms with van der Waals surface area (Å²) >= 11 is 11.3. The van der Waals surface area contributed by atoms with Gasteiger partial charge in [-0.1, -0.05) is 27.5 Å². The van der Waals surface area contributed by atoms with Crippen LogP contribution in [0.1, 0.15) is 0 Å². The molecule has 1 aliphatic heterocycles. The molecule has 26 heavy (non-hydrogen) atoms. The average Bonchev–Trinajstić information content (AvgIpc) is 3.08. The number of piperazine rings is 1. The number of anilines is 1. The second-order valence-electron chi connectivity index (χ2n) is 6.01. The van der Waals surface area contributed by atoms with E-state index in [1.54, 1.807) is 13.2 Å². The van der Waals surface area contributed by atoms with E-state index in [0.717, 1.165) is 41.0 Å². The molecule has 0 unspecified atom stereocenters. The second kappa shape index (κ2) is 7.31. The topological polar surface area (TPSA) is 37.4 Å². The van der Waals surface area contributed by atoms with Crippen LogP contribution in [0.15, 0.2) is 28.7 Å². The number of benzene rings is 2. The molecule has 3 aromatic rings. The zero-order valence-corrected chi connectivity index (χ0v) is 17.1. The van der Waals surface area contributed by atoms with Crippen LogP contribution in [0.2, 0.25) is 5.02 Å². The minimum Gasteiger partial charge on any atom is -0.497 e. The van der Waals surface area contributed by atoms with Gasteiger partial charge in [-0.15, -0.1) is 0 Å². The predicted octanol–water partition coefficient (Wildman–Crippen LogP) is 4.94. The van der Waals surface area contributed by atoms with Gasteiger partial charge >= 0.3 is 0 Å². The van der Waals surface area contributed by atoms with E-state index in [0.29, 0.717) is 27.4 Å². The maximum Gasteiger partial charge on any atom is 0.159 e. The van der Waals surface area contributed by atoms with E-state index in [9.17, 15) is 0 Å². The molecule has 0 saturated carbocycles. The molecule has 1 fully saturated rings. The minimum absolute atomic E-state index is 0.335. The first-order chi connectivity index (χ1) is 12.6. The van der Waals surface area contributed by atoms with Crippen molar-refractivity contribution in [3.8, 4) is 16.9 Å². The SMILES string of the molecule is COc1ccc(Br)c(-c2c(Cl)cc3c(N4CCNCC4)snc3c2F)c1. The highest BCUT2D eigenvalue weighted by molar-refractivity contribution is 9.10. The van der Waals surface area contributed by atoms with Crippen molar-refractivity contribution in [3.05, 3.63) is 39.6 Å². The molecule has 2 heterocycles. The number of rotatable bonds is 3. The lowest BCUT2D eigenvalue weighted by Gasteiger charge is -2.28. The molecule has 1 aliphatic rings. The third-order valence-electron chi connectivity index (χ3n) is 4.49. The lowest BCUT2D eigenvalue weighted by atomic mass is 10.0. The van der Waals surface area contributed by atoms with Gasteiger partial charge < -0.3 is 15.0 Å². The van der Waals surface area contributed by atoms with Crippen LogP contribution in [0.3, 0.4) is 0 Å². The first-order valence-corrected chi connectivity index (χ1v) is 10.1. The van der Waals surface area contributed by atoms with E-state index in [1.165, 1.54) is 11.5 Å². The van der Waals surface area contributed by atoms with Crippen LogP contribution in [0, 0.1) is 5.82 Å². The molecule has 1 N–H and O–H groups in total. The molecular formula is C18H16BrClFN3OS. The molecule has 0 atom stereocenters. The predicted molar refractivity (Wildman–Crippen MR) is 109 cm³/mol. The Hall–Kier alpha value is -1.41. The summed E-state index contributed by atoms with van der Waals surface area (Å²) < 4.78 is 25.8. The van der Waals surface area contributed by atoms with Crippen molar-refractivity contribution >= 4 is 55.0 Å². The van der Waals surface area contributed by atoms with Crippen LogP contribution < -0.4 is 15.0 Å². The smallest absolute Gasteiger partial charge is 0.159 e. The fourth-order valence-electron chi connectivity index (χ4n) is 3.16. The van der Waals surface area contributed by atoms with Crippen molar-refractivity contribution in [2.24, 2.45) is 0 Å². The fourth-order valence-corrected chi connectivity index (χ4v) is 4.81. The summed E-state index contributed by atoms with van der Waals surface area (Å²) in [5.74, 6) is 0.234. The molecule has 4 nitrogen and oxygen atoms in total. The van der Waals surface area contributed by atoms with E-state index in [1.807, 2.05) is 18.2 Å². The summed E-state index contributed by atoms with van der Waals surface area (Å²) in [6.07, 6.45) is 0. The van der Waals surface area contributed by atoms with Crippen LogP contribution in [0.4, 0.5) is 9.39 Å². The van der Waals surface area contributed by atoms with Crippen molar-refractivity contribution in [1.29, 1.82) is 0 Å². The van der Waals surface area contributed by atoms with E-state index < -0.39 is 5.82 Å². The molecule has 1 aromatic heterocycles. The number of aromatic nitrogens is 1. The van der Waals surface area contributed by atoms with Gasteiger partial charge in [0.2, 0.25) is 0 Å². The molecule has 8 heteroatoms. The second-order valence-corrected chi connectivity index (χ2v) is 8.03. The van der Waals surface area contributed by atoms with Crippen molar-refractivity contribution < 1.29 is 9.13 Å². The Morgan fingerprint density at radius 2 is 2.08 bits per heavy atom. The molecule has 0 radical (unpaired) electrons. The van der Waals surface area contributed by atoms with Gasteiger partial charge in [-0.3, -0.25) is 0 Å². The fraction of sp³-hybridized carbons (Fsp3) is 0.278. The minimum atomic E-state index is -0.404. The van der Waals surface area contributed by atoms with Gasteiger partial charge in [0, 0.05) is 47.2 Å². The average molecular weight is 457 g/mol. The Morgan fingerprint density at radius 1 is 1.31 bits per heavy atom. The molecule has 136 valence electrons. The standard InChI is InChI=1S/C18H16BrClFN3OS/c1-25-10-2-3-13(19)11(8-10)15-14(20)9-12-17(16(15)21)23-26-18(12)24-6-4-22-5-7-24/h2-3,8-9,22H,4-7H2,1H3. The molecule has 0 amide bonds. The zero-order valence-electron chi connectivity index (χ0n) is 14.0. The van der Waals surface area contributed by atoms with Crippen LogP contribution in [0.5, 0.6) is 5.75 Å². The van der Waals surface area contributed by atoms with Gasteiger partial charge in [-0.25, -0.2) is 4.39 Å². The first kappa shape index (κ1) is 18.0. The Labute approximate surface area is 168 Å². The Morgan fingerprint density at radius 3 is 2.81 bits per heavy atom. The lowest BCUT2D eigenvalue weighted by molar-refractivity contribution is 0.415. The van der Waals surface area contributed by atoms with Crippen LogP contribution >= 0.6 is 39.1 Å².